The van der Waals surface area contributed by atoms with E-state index in [0.717, 1.165) is 16.0 Å². The van der Waals surface area contributed by atoms with Crippen molar-refractivity contribution in [3.63, 3.8) is 0 Å². The first-order valence-corrected chi connectivity index (χ1v) is 8.10. The summed E-state index contributed by atoms with van der Waals surface area (Å²) in [5.74, 6) is 1.33. The topological polar surface area (TPSA) is 79.9 Å². The lowest BCUT2D eigenvalue weighted by Gasteiger charge is -2.01. The first-order valence-electron chi connectivity index (χ1n) is 6.21. The minimum atomic E-state index is -0.173. The number of benzene rings is 1. The van der Waals surface area contributed by atoms with Crippen LogP contribution in [0.2, 0.25) is 0 Å². The van der Waals surface area contributed by atoms with Crippen molar-refractivity contribution in [1.82, 2.24) is 15.0 Å². The fourth-order valence-electron chi connectivity index (χ4n) is 1.79. The van der Waals surface area contributed by atoms with Gasteiger partial charge in [0, 0.05) is 0 Å². The van der Waals surface area contributed by atoms with Crippen LogP contribution in [-0.4, -0.2) is 21.6 Å². The Hall–Kier alpha value is -1.68. The van der Waals surface area contributed by atoms with Crippen LogP contribution in [0.25, 0.3) is 10.2 Å². The van der Waals surface area contributed by atoms with Crippen LogP contribution in [0.1, 0.15) is 6.92 Å². The third kappa shape index (κ3) is 3.00. The molecule has 0 radical (unpaired) electrons. The molecule has 0 atom stereocenters. The molecular weight excluding hydrogens is 403 g/mol. The molecule has 0 unspecified atom stereocenters. The maximum Gasteiger partial charge on any atom is 0.266 e. The van der Waals surface area contributed by atoms with Crippen LogP contribution >= 0.6 is 33.9 Å². The number of aromatic nitrogens is 3. The lowest BCUT2D eigenvalue weighted by Crippen LogP contribution is -2.12. The number of hydrogen-bond donors (Lipinski definition) is 2. The summed E-state index contributed by atoms with van der Waals surface area (Å²) in [6.45, 7) is 2.58. The highest BCUT2D eigenvalue weighted by molar-refractivity contribution is 14.1. The zero-order chi connectivity index (χ0) is 14.8. The third-order valence-electron chi connectivity index (χ3n) is 2.69. The van der Waals surface area contributed by atoms with Crippen LogP contribution in [0.5, 0.6) is 5.75 Å². The molecule has 6 nitrogen and oxygen atoms in total. The molecule has 0 aliphatic carbocycles. The molecule has 2 aromatic heterocycles. The number of thiazole rings is 1. The predicted molar refractivity (Wildman–Crippen MR) is 91.6 cm³/mol. The van der Waals surface area contributed by atoms with Crippen LogP contribution in [0.3, 0.4) is 0 Å². The normalized spacial score (nSPS) is 10.8. The van der Waals surface area contributed by atoms with E-state index in [4.69, 9.17) is 4.74 Å². The number of anilines is 2. The molecule has 2 N–H and O–H groups in total. The number of nitrogens with zero attached hydrogens (tertiary/aromatic N) is 2. The Bertz CT molecular complexity index is 846. The fourth-order valence-corrected chi connectivity index (χ4v) is 3.11. The first kappa shape index (κ1) is 14.3. The zero-order valence-electron chi connectivity index (χ0n) is 11.0. The summed E-state index contributed by atoms with van der Waals surface area (Å²) in [6, 6.07) is 5.76. The van der Waals surface area contributed by atoms with E-state index in [9.17, 15) is 4.79 Å². The summed E-state index contributed by atoms with van der Waals surface area (Å²) >= 11 is 3.44. The Labute approximate surface area is 137 Å². The third-order valence-corrected chi connectivity index (χ3v) is 4.63. The molecule has 108 valence electrons. The minimum absolute atomic E-state index is 0.173. The number of fused-ring (bicyclic) bond motifs is 1. The molecule has 3 rings (SSSR count). The van der Waals surface area contributed by atoms with Gasteiger partial charge in [-0.1, -0.05) is 11.3 Å². The molecule has 1 aromatic carbocycles. The smallest absolute Gasteiger partial charge is 0.266 e. The monoisotopic (exact) mass is 414 g/mol. The Morgan fingerprint density at radius 3 is 3.14 bits per heavy atom. The Kier molecular flexibility index (Phi) is 4.06. The maximum absolute atomic E-state index is 11.5. The fraction of sp³-hybridized carbons (Fsp3) is 0.154. The number of nitrogens with one attached hydrogen (secondary N) is 2. The van der Waals surface area contributed by atoms with Crippen molar-refractivity contribution < 1.29 is 4.74 Å². The number of H-pyrrole nitrogens is 1. The van der Waals surface area contributed by atoms with Crippen LogP contribution in [-0.2, 0) is 0 Å². The minimum Gasteiger partial charge on any atom is -0.494 e. The molecule has 3 aromatic rings. The quantitative estimate of drug-likeness (QED) is 0.642. The molecule has 0 spiro atoms. The molecule has 21 heavy (non-hydrogen) atoms. The highest BCUT2D eigenvalue weighted by Gasteiger charge is 2.09. The van der Waals surface area contributed by atoms with Crippen LogP contribution in [0.4, 0.5) is 10.9 Å². The van der Waals surface area contributed by atoms with Crippen LogP contribution in [0, 0.1) is 3.57 Å². The van der Waals surface area contributed by atoms with E-state index in [1.807, 2.05) is 47.7 Å². The Morgan fingerprint density at radius 2 is 2.33 bits per heavy atom. The lowest BCUT2D eigenvalue weighted by atomic mass is 10.3. The lowest BCUT2D eigenvalue weighted by molar-refractivity contribution is 0.341. The van der Waals surface area contributed by atoms with Gasteiger partial charge in [0.1, 0.15) is 9.32 Å². The maximum atomic E-state index is 11.5. The summed E-state index contributed by atoms with van der Waals surface area (Å²) < 4.78 is 7.00. The first-order chi connectivity index (χ1) is 10.2. The van der Waals surface area contributed by atoms with E-state index in [0.29, 0.717) is 21.1 Å². The average Bonchev–Trinajstić information content (AvgIpc) is 2.86. The van der Waals surface area contributed by atoms with Gasteiger partial charge in [-0.25, -0.2) is 9.97 Å². The second-order valence-corrected chi connectivity index (χ2v) is 6.21. The molecule has 0 fully saturated rings. The van der Waals surface area contributed by atoms with Crippen molar-refractivity contribution in [3.05, 3.63) is 38.5 Å². The second kappa shape index (κ2) is 5.98. The number of aromatic amines is 1. The summed E-state index contributed by atoms with van der Waals surface area (Å²) in [5, 5.41) is 3.77. The van der Waals surface area contributed by atoms with E-state index >= 15 is 0 Å². The van der Waals surface area contributed by atoms with E-state index < -0.39 is 0 Å². The van der Waals surface area contributed by atoms with Crippen LogP contribution < -0.4 is 15.6 Å². The van der Waals surface area contributed by atoms with Crippen molar-refractivity contribution in [2.45, 2.75) is 6.92 Å². The SMILES string of the molecule is CCOc1ccc2nc(Nc3nc[nH]c(=O)c3I)sc2c1. The predicted octanol–water partition coefficient (Wildman–Crippen LogP) is 3.13. The molecule has 0 saturated carbocycles. The molecular formula is C13H11IN4O2S. The standard InChI is InChI=1S/C13H11IN4O2S/c1-2-20-7-3-4-8-9(5-7)21-13(17-8)18-11-10(14)12(19)16-6-15-11/h3-6H,2H2,1H3,(H2,15,16,17,18,19). The molecule has 2 heterocycles. The molecule has 8 heteroatoms. The molecule has 0 bridgehead atoms. The van der Waals surface area contributed by atoms with Crippen molar-refractivity contribution in [2.24, 2.45) is 0 Å². The average molecular weight is 414 g/mol. The number of rotatable bonds is 4. The molecule has 0 saturated heterocycles. The van der Waals surface area contributed by atoms with Gasteiger partial charge in [0.2, 0.25) is 0 Å². The molecule has 0 aliphatic heterocycles. The van der Waals surface area contributed by atoms with Gasteiger partial charge in [-0.15, -0.1) is 0 Å². The van der Waals surface area contributed by atoms with Gasteiger partial charge in [-0.05, 0) is 47.7 Å². The van der Waals surface area contributed by atoms with E-state index in [2.05, 4.69) is 20.3 Å². The van der Waals surface area contributed by atoms with Gasteiger partial charge in [0.25, 0.3) is 5.56 Å². The Balaban J connectivity index is 1.94. The van der Waals surface area contributed by atoms with Crippen molar-refractivity contribution in [2.75, 3.05) is 11.9 Å². The van der Waals surface area contributed by atoms with Gasteiger partial charge in [0.05, 0.1) is 23.2 Å². The van der Waals surface area contributed by atoms with Gasteiger partial charge >= 0.3 is 0 Å². The molecule has 0 amide bonds. The van der Waals surface area contributed by atoms with Gasteiger partial charge in [-0.3, -0.25) is 4.79 Å². The van der Waals surface area contributed by atoms with Crippen LogP contribution in [0.15, 0.2) is 29.3 Å². The van der Waals surface area contributed by atoms with E-state index in [1.54, 1.807) is 0 Å². The number of ether oxygens (including phenoxy) is 1. The summed E-state index contributed by atoms with van der Waals surface area (Å²) in [5.41, 5.74) is 0.707. The van der Waals surface area contributed by atoms with Gasteiger partial charge in [0.15, 0.2) is 10.9 Å². The largest absolute Gasteiger partial charge is 0.494 e. The van der Waals surface area contributed by atoms with E-state index in [-0.39, 0.29) is 5.56 Å². The number of halogens is 1. The summed E-state index contributed by atoms with van der Waals surface area (Å²) in [6.07, 6.45) is 1.37. The van der Waals surface area contributed by atoms with Gasteiger partial charge in [-0.2, -0.15) is 0 Å². The number of hydrogen-bond acceptors (Lipinski definition) is 6. The summed E-state index contributed by atoms with van der Waals surface area (Å²) in [7, 11) is 0. The van der Waals surface area contributed by atoms with Crippen molar-refractivity contribution in [3.8, 4) is 5.75 Å². The summed E-state index contributed by atoms with van der Waals surface area (Å²) in [4.78, 5) is 22.7. The second-order valence-electron chi connectivity index (χ2n) is 4.10. The highest BCUT2D eigenvalue weighted by Crippen LogP contribution is 2.31. The zero-order valence-corrected chi connectivity index (χ0v) is 14.0. The highest BCUT2D eigenvalue weighted by atomic mass is 127. The van der Waals surface area contributed by atoms with Gasteiger partial charge < -0.3 is 15.0 Å². The Morgan fingerprint density at radius 1 is 1.48 bits per heavy atom. The molecule has 0 aliphatic rings. The van der Waals surface area contributed by atoms with Crippen molar-refractivity contribution in [1.29, 1.82) is 0 Å². The van der Waals surface area contributed by atoms with E-state index in [1.165, 1.54) is 17.7 Å². The van der Waals surface area contributed by atoms with Crippen molar-refractivity contribution >= 4 is 55.1 Å².